The number of thiophene rings is 1. The van der Waals surface area contributed by atoms with Crippen molar-refractivity contribution in [1.29, 1.82) is 0 Å². The van der Waals surface area contributed by atoms with Crippen LogP contribution in [0.2, 0.25) is 0 Å². The summed E-state index contributed by atoms with van der Waals surface area (Å²) in [5.41, 5.74) is 17.7. The first-order chi connectivity index (χ1) is 29.9. The normalized spacial score (nSPS) is 20.9. The Morgan fingerprint density at radius 1 is 0.508 bits per heavy atom. The van der Waals surface area contributed by atoms with E-state index >= 15 is 0 Å². The van der Waals surface area contributed by atoms with Gasteiger partial charge in [-0.3, -0.25) is 9.80 Å². The van der Waals surface area contributed by atoms with Gasteiger partial charge in [0, 0.05) is 42.8 Å². The molecule has 4 nitrogen and oxygen atoms in total. The van der Waals surface area contributed by atoms with E-state index in [0.29, 0.717) is 0 Å². The summed E-state index contributed by atoms with van der Waals surface area (Å²) in [4.78, 5) is 16.9. The fourth-order valence-electron chi connectivity index (χ4n) is 14.2. The molecule has 6 aromatic rings. The quantitative estimate of drug-likeness (QED) is 0.162. The van der Waals surface area contributed by atoms with Crippen molar-refractivity contribution < 1.29 is 0 Å². The van der Waals surface area contributed by atoms with E-state index in [4.69, 9.17) is 9.97 Å². The first-order valence-corrected chi connectivity index (χ1v) is 25.3. The van der Waals surface area contributed by atoms with Gasteiger partial charge in [0.2, 0.25) is 0 Å². The van der Waals surface area contributed by atoms with Crippen LogP contribution in [0, 0.1) is 0 Å². The molecule has 0 radical (unpaired) electrons. The zero-order chi connectivity index (χ0) is 46.7. The number of aromatic nitrogens is 2. The Labute approximate surface area is 394 Å². The van der Waals surface area contributed by atoms with Gasteiger partial charge >= 0.3 is 0 Å². The first-order valence-electron chi connectivity index (χ1n) is 24.5. The molecule has 0 N–H and O–H groups in total. The van der Waals surface area contributed by atoms with E-state index in [1.54, 1.807) is 0 Å². The summed E-state index contributed by atoms with van der Waals surface area (Å²) >= 11 is 1.98. The Morgan fingerprint density at radius 2 is 0.969 bits per heavy atom. The number of anilines is 6. The van der Waals surface area contributed by atoms with Crippen molar-refractivity contribution in [2.24, 2.45) is 0 Å². The van der Waals surface area contributed by atoms with Crippen LogP contribution in [0.15, 0.2) is 66.7 Å². The lowest BCUT2D eigenvalue weighted by atomic mass is 9.36. The highest BCUT2D eigenvalue weighted by molar-refractivity contribution is 7.33. The lowest BCUT2D eigenvalue weighted by Crippen LogP contribution is -2.61. The average molecular weight is 879 g/mol. The van der Waals surface area contributed by atoms with E-state index in [2.05, 4.69) is 201 Å². The molecule has 11 rings (SSSR count). The third-order valence-corrected chi connectivity index (χ3v) is 17.8. The number of fused-ring (bicyclic) bond motifs is 9. The van der Waals surface area contributed by atoms with Crippen molar-refractivity contribution in [3.05, 3.63) is 111 Å². The molecule has 2 aliphatic heterocycles. The van der Waals surface area contributed by atoms with Crippen LogP contribution >= 0.6 is 11.3 Å². The summed E-state index contributed by atoms with van der Waals surface area (Å²) in [5.74, 6) is 2.91. The van der Waals surface area contributed by atoms with E-state index in [1.165, 1.54) is 87.5 Å². The van der Waals surface area contributed by atoms with Crippen molar-refractivity contribution in [2.75, 3.05) is 9.80 Å². The number of hydrogen-bond donors (Lipinski definition) is 0. The van der Waals surface area contributed by atoms with Crippen molar-refractivity contribution >= 4 is 78.2 Å². The van der Waals surface area contributed by atoms with Gasteiger partial charge < -0.3 is 0 Å². The molecule has 2 aromatic heterocycles. The van der Waals surface area contributed by atoms with Gasteiger partial charge in [-0.2, -0.15) is 0 Å². The summed E-state index contributed by atoms with van der Waals surface area (Å²) in [6.45, 7) is 43.2. The molecular weight excluding hydrogens is 808 g/mol. The fourth-order valence-corrected chi connectivity index (χ4v) is 15.5. The Balaban J connectivity index is 1.29. The SMILES string of the molecule is CC(C)(C)c1ccc2sc3c(c2c1)N(c1ccc2c(c1)C(C)(C)CC2(C)C)c1nc(C(C)(C)C)nc2c1B3c1cc3c(cc1N2c1ccc2c(c1)C(C)(C)CC2(C)C)C(C)(C)CC3(C)C. The van der Waals surface area contributed by atoms with Crippen LogP contribution in [0.5, 0.6) is 0 Å². The topological polar surface area (TPSA) is 32.3 Å². The third-order valence-electron chi connectivity index (χ3n) is 16.6. The van der Waals surface area contributed by atoms with E-state index in [-0.39, 0.29) is 50.0 Å². The number of rotatable bonds is 2. The third kappa shape index (κ3) is 6.06. The standard InChI is InChI=1S/C59H71BN4S/c1-52(2,3)33-19-24-45-36(25-33)47-48(65-45)60-43-28-41-42(59(17,18)32-58(41,15)16)29-44(43)63(34-20-22-37-39(26-34)56(11,12)30-54(37,7)8)49-46(60)50(62-51(61-49)53(4,5)6)64(47)35-21-23-38-40(27-35)57(13,14)31-55(38,9)10/h19-29H,30-32H2,1-18H3. The monoisotopic (exact) mass is 879 g/mol. The maximum absolute atomic E-state index is 5.87. The minimum atomic E-state index is -0.313. The highest BCUT2D eigenvalue weighted by Crippen LogP contribution is 2.56. The molecule has 5 aliphatic rings. The van der Waals surface area contributed by atoms with Crippen LogP contribution in [-0.4, -0.2) is 16.7 Å². The molecule has 4 aromatic carbocycles. The zero-order valence-corrected chi connectivity index (χ0v) is 43.6. The highest BCUT2D eigenvalue weighted by Gasteiger charge is 2.52. The second-order valence-corrected chi connectivity index (χ2v) is 28.1. The van der Waals surface area contributed by atoms with E-state index < -0.39 is 0 Å². The molecular formula is C59H71BN4S. The molecule has 0 bridgehead atoms. The number of benzene rings is 4. The number of nitrogens with zero attached hydrogens (tertiary/aromatic N) is 4. The van der Waals surface area contributed by atoms with Gasteiger partial charge in [-0.1, -0.05) is 149 Å². The first kappa shape index (κ1) is 43.2. The highest BCUT2D eigenvalue weighted by atomic mass is 32.1. The van der Waals surface area contributed by atoms with Crippen LogP contribution in [0.1, 0.15) is 189 Å². The molecule has 3 aliphatic carbocycles. The Bertz CT molecular complexity index is 3070. The minimum absolute atomic E-state index is 0.00511. The molecule has 0 spiro atoms. The summed E-state index contributed by atoms with van der Waals surface area (Å²) in [6.07, 6.45) is 3.36. The maximum Gasteiger partial charge on any atom is 0.268 e. The molecule has 0 unspecified atom stereocenters. The second-order valence-electron chi connectivity index (χ2n) is 27.0. The van der Waals surface area contributed by atoms with Crippen molar-refractivity contribution in [1.82, 2.24) is 9.97 Å². The van der Waals surface area contributed by atoms with Crippen LogP contribution in [0.4, 0.5) is 34.4 Å². The fraction of sp³-hybridized carbons (Fsp3) is 0.492. The van der Waals surface area contributed by atoms with E-state index in [0.717, 1.165) is 36.7 Å². The molecule has 0 atom stereocenters. The smallest absolute Gasteiger partial charge is 0.268 e. The molecule has 0 saturated carbocycles. The van der Waals surface area contributed by atoms with Crippen LogP contribution < -0.4 is 25.5 Å². The molecule has 4 heterocycles. The summed E-state index contributed by atoms with van der Waals surface area (Å²) in [7, 11) is 0. The van der Waals surface area contributed by atoms with Gasteiger partial charge in [-0.25, -0.2) is 9.97 Å². The van der Waals surface area contributed by atoms with Crippen LogP contribution in [0.3, 0.4) is 0 Å². The average Bonchev–Trinajstić information content (AvgIpc) is 3.77. The number of hydrogen-bond acceptors (Lipinski definition) is 5. The molecule has 0 amide bonds. The van der Waals surface area contributed by atoms with Gasteiger partial charge in [0.15, 0.2) is 0 Å². The Kier molecular flexibility index (Phi) is 8.48. The van der Waals surface area contributed by atoms with Gasteiger partial charge in [0.25, 0.3) is 6.71 Å². The lowest BCUT2D eigenvalue weighted by molar-refractivity contribution is 0.402. The van der Waals surface area contributed by atoms with Crippen LogP contribution in [0.25, 0.3) is 10.1 Å². The van der Waals surface area contributed by atoms with E-state index in [9.17, 15) is 0 Å². The molecule has 0 saturated heterocycles. The summed E-state index contributed by atoms with van der Waals surface area (Å²) in [6, 6.07) is 27.3. The van der Waals surface area contributed by atoms with Crippen molar-refractivity contribution in [3.63, 3.8) is 0 Å². The van der Waals surface area contributed by atoms with E-state index in [1.807, 2.05) is 11.3 Å². The molecule has 0 fully saturated rings. The lowest BCUT2D eigenvalue weighted by Gasteiger charge is -2.43. The maximum atomic E-state index is 5.87. The van der Waals surface area contributed by atoms with Gasteiger partial charge in [-0.05, 0) is 144 Å². The Morgan fingerprint density at radius 3 is 1.48 bits per heavy atom. The molecule has 336 valence electrons. The molecule has 65 heavy (non-hydrogen) atoms. The molecule has 6 heteroatoms. The zero-order valence-electron chi connectivity index (χ0n) is 42.7. The summed E-state index contributed by atoms with van der Waals surface area (Å²) in [5, 5.41) is 1.32. The summed E-state index contributed by atoms with van der Waals surface area (Å²) < 4.78 is 2.71. The minimum Gasteiger partial charge on any atom is -0.296 e. The largest absolute Gasteiger partial charge is 0.296 e. The van der Waals surface area contributed by atoms with Crippen molar-refractivity contribution in [2.45, 2.75) is 187 Å². The van der Waals surface area contributed by atoms with Gasteiger partial charge in [0.05, 0.1) is 5.69 Å². The van der Waals surface area contributed by atoms with Gasteiger partial charge in [-0.15, -0.1) is 11.3 Å². The van der Waals surface area contributed by atoms with Crippen molar-refractivity contribution in [3.8, 4) is 0 Å². The second kappa shape index (κ2) is 12.8. The Hall–Kier alpha value is -4.42. The predicted octanol–water partition coefficient (Wildman–Crippen LogP) is 14.2. The predicted molar refractivity (Wildman–Crippen MR) is 281 cm³/mol. The van der Waals surface area contributed by atoms with Gasteiger partial charge in [0.1, 0.15) is 17.5 Å². The van der Waals surface area contributed by atoms with Crippen LogP contribution in [-0.2, 0) is 43.3 Å².